The molecule has 0 spiro atoms. The monoisotopic (exact) mass is 674 g/mol. The van der Waals surface area contributed by atoms with Gasteiger partial charge in [-0.25, -0.2) is 4.79 Å². The molecule has 2 aliphatic heterocycles. The molecule has 11 nitrogen and oxygen atoms in total. The van der Waals surface area contributed by atoms with Crippen LogP contribution in [0.4, 0.5) is 4.79 Å². The van der Waals surface area contributed by atoms with E-state index in [0.717, 1.165) is 35.5 Å². The molecule has 2 heterocycles. The van der Waals surface area contributed by atoms with Crippen LogP contribution in [0.2, 0.25) is 0 Å². The van der Waals surface area contributed by atoms with Gasteiger partial charge in [0.05, 0.1) is 46.7 Å². The molecule has 0 radical (unpaired) electrons. The topological polar surface area (TPSA) is 118 Å². The van der Waals surface area contributed by atoms with E-state index in [1.54, 1.807) is 21.1 Å². The number of aliphatic hydroxyl groups is 1. The minimum absolute atomic E-state index is 0.254. The van der Waals surface area contributed by atoms with Crippen molar-refractivity contribution < 1.29 is 43.1 Å². The lowest BCUT2D eigenvalue weighted by molar-refractivity contribution is -0.218. The Balaban J connectivity index is 1.62. The molecule has 1 fully saturated rings. The smallest absolute Gasteiger partial charge is 0.416 e. The molecule has 0 aromatic heterocycles. The summed E-state index contributed by atoms with van der Waals surface area (Å²) in [6, 6.07) is 14.7. The first-order valence-corrected chi connectivity index (χ1v) is 17.1. The molecule has 1 N–H and O–H groups in total. The Kier molecular flexibility index (Phi) is 13.8. The van der Waals surface area contributed by atoms with Gasteiger partial charge in [0.25, 0.3) is 0 Å². The number of carbonyl (C=O) groups excluding carboxylic acids is 1. The lowest BCUT2D eigenvalue weighted by Gasteiger charge is -2.43. The minimum atomic E-state index is -0.873. The summed E-state index contributed by atoms with van der Waals surface area (Å²) >= 11 is 1.32. The Labute approximate surface area is 282 Å². The van der Waals surface area contributed by atoms with Crippen molar-refractivity contribution in [3.05, 3.63) is 59.7 Å². The molecule has 0 aliphatic carbocycles. The molecule has 2 aliphatic rings. The zero-order chi connectivity index (χ0) is 34.0. The van der Waals surface area contributed by atoms with Gasteiger partial charge in [-0.05, 0) is 69.5 Å². The van der Waals surface area contributed by atoms with E-state index in [0.29, 0.717) is 18.4 Å². The van der Waals surface area contributed by atoms with E-state index < -0.39 is 47.6 Å². The van der Waals surface area contributed by atoms with Crippen molar-refractivity contribution in [2.24, 2.45) is 4.99 Å². The number of nitrogens with zero attached hydrogens (tertiary/aromatic N) is 2. The predicted octanol–water partition coefficient (Wildman–Crippen LogP) is 5.81. The Morgan fingerprint density at radius 2 is 1.53 bits per heavy atom. The second-order valence-electron chi connectivity index (χ2n) is 12.6. The second kappa shape index (κ2) is 17.5. The number of amides is 1. The van der Waals surface area contributed by atoms with E-state index >= 15 is 0 Å². The van der Waals surface area contributed by atoms with Crippen molar-refractivity contribution in [3.63, 3.8) is 0 Å². The van der Waals surface area contributed by atoms with Crippen molar-refractivity contribution in [2.45, 2.75) is 102 Å². The van der Waals surface area contributed by atoms with Crippen molar-refractivity contribution in [1.82, 2.24) is 4.90 Å². The highest BCUT2D eigenvalue weighted by molar-refractivity contribution is 8.14. The van der Waals surface area contributed by atoms with E-state index in [9.17, 15) is 9.90 Å². The maximum absolute atomic E-state index is 13.5. The van der Waals surface area contributed by atoms with E-state index in [-0.39, 0.29) is 19.8 Å². The number of aliphatic hydroxyl groups excluding tert-OH is 1. The fraction of sp³-hybridized carbons (Fsp3) is 0.600. The van der Waals surface area contributed by atoms with Crippen LogP contribution >= 0.6 is 11.8 Å². The number of methoxy groups -OCH3 is 2. The number of fused-ring (bicyclic) bond motifs is 1. The van der Waals surface area contributed by atoms with Gasteiger partial charge < -0.3 is 38.3 Å². The summed E-state index contributed by atoms with van der Waals surface area (Å²) in [6.07, 6.45) is -1.44. The second-order valence-corrected chi connectivity index (χ2v) is 13.6. The van der Waals surface area contributed by atoms with Gasteiger partial charge in [-0.15, -0.1) is 0 Å². The number of benzene rings is 2. The van der Waals surface area contributed by atoms with E-state index in [1.165, 1.54) is 16.7 Å². The Morgan fingerprint density at radius 1 is 0.957 bits per heavy atom. The Morgan fingerprint density at radius 3 is 2.04 bits per heavy atom. The summed E-state index contributed by atoms with van der Waals surface area (Å²) in [5.74, 6) is 1.49. The van der Waals surface area contributed by atoms with Gasteiger partial charge in [-0.1, -0.05) is 49.4 Å². The third-order valence-electron chi connectivity index (χ3n) is 7.66. The molecule has 2 aromatic carbocycles. The van der Waals surface area contributed by atoms with Gasteiger partial charge in [0.15, 0.2) is 5.17 Å². The van der Waals surface area contributed by atoms with Gasteiger partial charge in [0.1, 0.15) is 46.9 Å². The average Bonchev–Trinajstić information content (AvgIpc) is 3.47. The van der Waals surface area contributed by atoms with Crippen LogP contribution in [-0.2, 0) is 36.9 Å². The van der Waals surface area contributed by atoms with Crippen molar-refractivity contribution >= 4 is 23.0 Å². The van der Waals surface area contributed by atoms with Crippen LogP contribution in [0.15, 0.2) is 53.5 Å². The summed E-state index contributed by atoms with van der Waals surface area (Å²) in [6.45, 7) is 11.0. The third kappa shape index (κ3) is 10.6. The molecule has 260 valence electrons. The van der Waals surface area contributed by atoms with E-state index in [1.807, 2.05) is 69.3 Å². The van der Waals surface area contributed by atoms with Crippen LogP contribution in [0, 0.1) is 0 Å². The SMILES string of the molecule is CCCCOCCN(C(=O)OC(C)(C)C)C1=N[C@@H]2[C@@H](OCc3ccc(OC)cc3)[C@H](OCc3ccc(OC)cc3)[C@@H](C(C)O)O[C@@H]2S1. The van der Waals surface area contributed by atoms with Crippen LogP contribution < -0.4 is 9.47 Å². The Hall–Kier alpha value is -2.87. The summed E-state index contributed by atoms with van der Waals surface area (Å²) in [7, 11) is 3.25. The lowest BCUT2D eigenvalue weighted by Crippen LogP contribution is -2.59. The molecule has 1 unspecified atom stereocenters. The number of unbranched alkanes of at least 4 members (excludes halogenated alkanes) is 1. The number of carbonyl (C=O) groups is 1. The molecule has 6 atom stereocenters. The van der Waals surface area contributed by atoms with Gasteiger partial charge in [0, 0.05) is 6.61 Å². The lowest BCUT2D eigenvalue weighted by atomic mass is 9.94. The standard InChI is InChI=1S/C35H50N2O9S/c1-8-9-19-42-20-18-37(34(39)46-35(3,4)5)33-36-28-30(43-21-24-10-14-26(40-6)15-11-24)31(29(23(2)38)45-32(28)47-33)44-22-25-12-16-27(41-7)17-13-25/h10-17,23,28-32,38H,8-9,18-22H2,1-7H3/t23?,28-,29-,30-,31-,32-/m1/s1. The largest absolute Gasteiger partial charge is 0.497 e. The number of thioether (sulfide) groups is 1. The first-order valence-electron chi connectivity index (χ1n) is 16.2. The first-order chi connectivity index (χ1) is 22.5. The fourth-order valence-electron chi connectivity index (χ4n) is 5.16. The average molecular weight is 675 g/mol. The molecular weight excluding hydrogens is 624 g/mol. The fourth-order valence-corrected chi connectivity index (χ4v) is 6.38. The molecule has 0 saturated carbocycles. The highest BCUT2D eigenvalue weighted by atomic mass is 32.2. The number of ether oxygens (including phenoxy) is 7. The molecular formula is C35H50N2O9S. The summed E-state index contributed by atoms with van der Waals surface area (Å²) in [5.41, 5.74) is 0.631. The molecule has 0 bridgehead atoms. The zero-order valence-electron chi connectivity index (χ0n) is 28.5. The van der Waals surface area contributed by atoms with Crippen LogP contribution in [-0.4, -0.2) is 96.7 Å². The van der Waals surface area contributed by atoms with Crippen LogP contribution in [0.3, 0.4) is 0 Å². The number of aliphatic imine (C=N–C) groups is 1. The van der Waals surface area contributed by atoms with Crippen LogP contribution in [0.25, 0.3) is 0 Å². The van der Waals surface area contributed by atoms with Crippen molar-refractivity contribution in [1.29, 1.82) is 0 Å². The normalized spacial score (nSPS) is 23.1. The maximum atomic E-state index is 13.5. The van der Waals surface area contributed by atoms with E-state index in [4.69, 9.17) is 38.2 Å². The van der Waals surface area contributed by atoms with Gasteiger partial charge in [-0.2, -0.15) is 0 Å². The number of hydrogen-bond donors (Lipinski definition) is 1. The molecule has 2 aromatic rings. The minimum Gasteiger partial charge on any atom is -0.497 e. The molecule has 12 heteroatoms. The third-order valence-corrected chi connectivity index (χ3v) is 8.82. The molecule has 4 rings (SSSR count). The van der Waals surface area contributed by atoms with Crippen LogP contribution in [0.1, 0.15) is 58.6 Å². The quantitative estimate of drug-likeness (QED) is 0.232. The van der Waals surface area contributed by atoms with Crippen molar-refractivity contribution in [3.8, 4) is 11.5 Å². The summed E-state index contributed by atoms with van der Waals surface area (Å²) in [4.78, 5) is 20.0. The van der Waals surface area contributed by atoms with Gasteiger partial charge in [-0.3, -0.25) is 9.89 Å². The van der Waals surface area contributed by atoms with Gasteiger partial charge >= 0.3 is 6.09 Å². The predicted molar refractivity (Wildman–Crippen MR) is 181 cm³/mol. The molecule has 1 amide bonds. The molecule has 47 heavy (non-hydrogen) atoms. The summed E-state index contributed by atoms with van der Waals surface area (Å²) in [5, 5.41) is 11.4. The zero-order valence-corrected chi connectivity index (χ0v) is 29.4. The summed E-state index contributed by atoms with van der Waals surface area (Å²) < 4.78 is 41.8. The van der Waals surface area contributed by atoms with Gasteiger partial charge in [0.2, 0.25) is 0 Å². The number of hydrogen-bond acceptors (Lipinski definition) is 11. The van der Waals surface area contributed by atoms with Crippen molar-refractivity contribution in [2.75, 3.05) is 34.0 Å². The number of rotatable bonds is 15. The highest BCUT2D eigenvalue weighted by Gasteiger charge is 2.53. The maximum Gasteiger partial charge on any atom is 0.416 e. The Bertz CT molecular complexity index is 1280. The first kappa shape index (κ1) is 37.0. The number of amidine groups is 1. The van der Waals surface area contributed by atoms with E-state index in [2.05, 4.69) is 6.92 Å². The molecule has 1 saturated heterocycles. The van der Waals surface area contributed by atoms with Crippen LogP contribution in [0.5, 0.6) is 11.5 Å². The highest BCUT2D eigenvalue weighted by Crippen LogP contribution is 2.41.